The first-order valence-electron chi connectivity index (χ1n) is 20.4. The van der Waals surface area contributed by atoms with Crippen molar-refractivity contribution in [1.82, 2.24) is 40.4 Å². The largest absolute Gasteiger partial charge is 0.464 e. The number of methoxy groups -OCH3 is 2. The first-order chi connectivity index (χ1) is 28.4. The second-order valence-corrected chi connectivity index (χ2v) is 16.7. The number of nitrogens with zero attached hydrogens (tertiary/aromatic N) is 4. The highest BCUT2D eigenvalue weighted by molar-refractivity contribution is 6.01. The van der Waals surface area contributed by atoms with E-state index in [9.17, 15) is 19.2 Å². The predicted octanol–water partition coefficient (Wildman–Crippen LogP) is 7.14. The first-order valence-corrected chi connectivity index (χ1v) is 20.4. The zero-order valence-corrected chi connectivity index (χ0v) is 34.3. The van der Waals surface area contributed by atoms with Crippen LogP contribution in [0.1, 0.15) is 77.5 Å². The Bertz CT molecular complexity index is 2360. The Balaban J connectivity index is 1.00. The lowest BCUT2D eigenvalue weighted by Crippen LogP contribution is -2.56. The van der Waals surface area contributed by atoms with Crippen LogP contribution >= 0.6 is 0 Å². The Kier molecular flexibility index (Phi) is 10.7. The van der Waals surface area contributed by atoms with E-state index >= 15 is 0 Å². The number of rotatable bonds is 11. The molecule has 1 saturated carbocycles. The van der Waals surface area contributed by atoms with Crippen LogP contribution in [0.3, 0.4) is 0 Å². The average molecular weight is 805 g/mol. The molecule has 5 heterocycles. The molecule has 0 spiro atoms. The summed E-state index contributed by atoms with van der Waals surface area (Å²) in [4.78, 5) is 72.1. The molecule has 3 aliphatic rings. The third kappa shape index (κ3) is 7.20. The second-order valence-electron chi connectivity index (χ2n) is 16.7. The maximum absolute atomic E-state index is 14.0. The molecule has 2 saturated heterocycles. The Morgan fingerprint density at radius 3 is 2.15 bits per heavy atom. The quantitative estimate of drug-likeness (QED) is 0.108. The normalized spacial score (nSPS) is 21.0. The summed E-state index contributed by atoms with van der Waals surface area (Å²) >= 11 is 0. The number of H-pyrrole nitrogens is 2. The van der Waals surface area contributed by atoms with Gasteiger partial charge in [0.2, 0.25) is 11.8 Å². The van der Waals surface area contributed by atoms with Gasteiger partial charge in [-0.1, -0.05) is 58.0 Å². The van der Waals surface area contributed by atoms with Crippen molar-refractivity contribution in [2.75, 3.05) is 27.3 Å². The Hall–Kier alpha value is -6.12. The molecule has 15 nitrogen and oxygen atoms in total. The molecule has 3 fully saturated rings. The van der Waals surface area contributed by atoms with Gasteiger partial charge in [0.05, 0.1) is 50.3 Å². The predicted molar refractivity (Wildman–Crippen MR) is 220 cm³/mol. The van der Waals surface area contributed by atoms with Crippen molar-refractivity contribution in [3.63, 3.8) is 0 Å². The smallest absolute Gasteiger partial charge is 0.407 e. The summed E-state index contributed by atoms with van der Waals surface area (Å²) < 4.78 is 15.7. The molecule has 4 amide bonds. The van der Waals surface area contributed by atoms with E-state index in [1.54, 1.807) is 17.4 Å². The number of aromatic nitrogens is 4. The molecule has 5 atom stereocenters. The first kappa shape index (κ1) is 39.7. The van der Waals surface area contributed by atoms with Crippen LogP contribution in [-0.2, 0) is 24.6 Å². The number of piperidine rings is 1. The van der Waals surface area contributed by atoms with Crippen LogP contribution in [-0.4, -0.2) is 93.1 Å². The van der Waals surface area contributed by atoms with E-state index in [4.69, 9.17) is 23.9 Å². The van der Waals surface area contributed by atoms with Crippen molar-refractivity contribution in [3.8, 4) is 33.6 Å². The minimum Gasteiger partial charge on any atom is -0.464 e. The van der Waals surface area contributed by atoms with Crippen molar-refractivity contribution < 1.29 is 33.1 Å². The molecule has 1 aliphatic carbocycles. The molecule has 2 aliphatic heterocycles. The fourth-order valence-corrected chi connectivity index (χ4v) is 9.37. The minimum absolute atomic E-state index is 0.113. The van der Waals surface area contributed by atoms with Crippen LogP contribution in [0.4, 0.5) is 9.59 Å². The molecule has 2 bridgehead atoms. The van der Waals surface area contributed by atoms with Crippen LogP contribution in [0, 0.1) is 17.8 Å². The number of hydrogen-bond acceptors (Lipinski definition) is 9. The molecule has 2 unspecified atom stereocenters. The Morgan fingerprint density at radius 1 is 0.814 bits per heavy atom. The summed E-state index contributed by atoms with van der Waals surface area (Å²) in [5, 5.41) is 6.40. The van der Waals surface area contributed by atoms with E-state index in [-0.39, 0.29) is 29.7 Å². The maximum atomic E-state index is 14.0. The maximum Gasteiger partial charge on any atom is 0.407 e. The van der Waals surface area contributed by atoms with Gasteiger partial charge >= 0.3 is 12.2 Å². The lowest BCUT2D eigenvalue weighted by molar-refractivity contribution is -0.140. The summed E-state index contributed by atoms with van der Waals surface area (Å²) in [6, 6.07) is 12.7. The fraction of sp³-hybridized carbons (Fsp3) is 0.455. The van der Waals surface area contributed by atoms with Crippen LogP contribution in [0.2, 0.25) is 0 Å². The minimum atomic E-state index is -0.712. The topological polar surface area (TPSA) is 188 Å². The lowest BCUT2D eigenvalue weighted by atomic mass is 9.93. The van der Waals surface area contributed by atoms with Gasteiger partial charge in [0.1, 0.15) is 34.9 Å². The third-order valence-electron chi connectivity index (χ3n) is 12.5. The summed E-state index contributed by atoms with van der Waals surface area (Å²) in [7, 11) is 2.59. The van der Waals surface area contributed by atoms with Gasteiger partial charge in [-0.25, -0.2) is 19.6 Å². The van der Waals surface area contributed by atoms with Gasteiger partial charge in [0.25, 0.3) is 0 Å². The molecule has 5 aromatic rings. The number of imidazole rings is 2. The van der Waals surface area contributed by atoms with Crippen molar-refractivity contribution in [1.29, 1.82) is 0 Å². The molecule has 310 valence electrons. The number of benzene rings is 2. The Labute approximate surface area is 342 Å². The number of ether oxygens (including phenoxy) is 2. The standard InChI is InChI=1S/C44H52N8O7/c1-24(2)35(49-42(55)57-5)39(53)51-18-7-8-34(51)38-45-22-33(47-38)31-14-13-29(30-16-19-59-37(30)31)27-9-11-28(12-10-27)32-21-46-41(48-32)44-17-15-26(20-44)23-52(44)40(54)36(25(3)4)50-43(56)58-6/h9-14,16,19,21-22,24-26,34-36H,7-8,15,17-18,20,23H2,1-6H3,(H,45,47)(H,46,48)(H,49,55)(H,50,56)/t26?,34-,35-,36+,44?/m0/s1. The number of likely N-dealkylation sites (tertiary alicyclic amines) is 2. The molecule has 0 radical (unpaired) electrons. The number of aromatic amines is 2. The highest BCUT2D eigenvalue weighted by atomic mass is 16.5. The highest BCUT2D eigenvalue weighted by Crippen LogP contribution is 2.52. The molecular weight excluding hydrogens is 753 g/mol. The highest BCUT2D eigenvalue weighted by Gasteiger charge is 2.56. The van der Waals surface area contributed by atoms with Crippen molar-refractivity contribution in [2.24, 2.45) is 17.8 Å². The molecule has 8 rings (SSSR count). The van der Waals surface area contributed by atoms with Crippen LogP contribution in [0.15, 0.2) is 65.5 Å². The summed E-state index contributed by atoms with van der Waals surface area (Å²) in [6.45, 7) is 8.84. The van der Waals surface area contributed by atoms with Crippen molar-refractivity contribution in [2.45, 2.75) is 83.5 Å². The summed E-state index contributed by atoms with van der Waals surface area (Å²) in [5.74, 6) is 1.32. The molecule has 15 heteroatoms. The summed E-state index contributed by atoms with van der Waals surface area (Å²) in [6.07, 6.45) is 8.28. The molecule has 3 aromatic heterocycles. The average Bonchev–Trinajstić information content (AvgIpc) is 4.10. The number of carbonyl (C=O) groups excluding carboxylic acids is 4. The Morgan fingerprint density at radius 2 is 1.47 bits per heavy atom. The van der Waals surface area contributed by atoms with Gasteiger partial charge in [-0.2, -0.15) is 0 Å². The molecular formula is C44H52N8O7. The van der Waals surface area contributed by atoms with Gasteiger partial charge in [-0.15, -0.1) is 0 Å². The van der Waals surface area contributed by atoms with Crippen LogP contribution in [0.5, 0.6) is 0 Å². The SMILES string of the molecule is COC(=O)N[C@H](C(=O)N1CCC[C@H]1c1ncc(-c2ccc(-c3ccc(-c4cnc(C56CCC(CN5C(=O)[C@H](NC(=O)OC)C(C)C)C6)[nH]4)cc3)c3ccoc23)[nH]1)C(C)C. The van der Waals surface area contributed by atoms with Crippen LogP contribution in [0.25, 0.3) is 44.6 Å². The van der Waals surface area contributed by atoms with Gasteiger partial charge in [-0.3, -0.25) is 9.59 Å². The van der Waals surface area contributed by atoms with E-state index < -0.39 is 29.8 Å². The zero-order chi connectivity index (χ0) is 41.6. The number of fused-ring (bicyclic) bond motifs is 3. The number of amides is 4. The number of carbonyl (C=O) groups is 4. The van der Waals surface area contributed by atoms with E-state index in [1.807, 2.05) is 50.9 Å². The van der Waals surface area contributed by atoms with Crippen molar-refractivity contribution >= 4 is 35.0 Å². The number of nitrogens with one attached hydrogen (secondary N) is 4. The van der Waals surface area contributed by atoms with Gasteiger partial charge < -0.3 is 44.3 Å². The fourth-order valence-electron chi connectivity index (χ4n) is 9.37. The van der Waals surface area contributed by atoms with Gasteiger partial charge in [0, 0.05) is 24.0 Å². The summed E-state index contributed by atoms with van der Waals surface area (Å²) in [5.41, 5.74) is 5.64. The van der Waals surface area contributed by atoms with Gasteiger partial charge in [-0.05, 0) is 78.7 Å². The number of hydrogen-bond donors (Lipinski definition) is 4. The van der Waals surface area contributed by atoms with E-state index in [1.165, 1.54) is 14.2 Å². The van der Waals surface area contributed by atoms with E-state index in [0.717, 1.165) is 77.0 Å². The third-order valence-corrected chi connectivity index (χ3v) is 12.5. The van der Waals surface area contributed by atoms with Gasteiger partial charge in [0.15, 0.2) is 0 Å². The van der Waals surface area contributed by atoms with Crippen molar-refractivity contribution in [3.05, 3.63) is 72.8 Å². The lowest BCUT2D eigenvalue weighted by Gasteiger charge is -2.40. The zero-order valence-electron chi connectivity index (χ0n) is 34.3. The molecule has 59 heavy (non-hydrogen) atoms. The van der Waals surface area contributed by atoms with E-state index in [2.05, 4.69) is 50.9 Å². The monoisotopic (exact) mass is 804 g/mol. The molecule has 4 N–H and O–H groups in total. The number of alkyl carbamates (subject to hydrolysis) is 2. The number of furan rings is 1. The van der Waals surface area contributed by atoms with E-state index in [0.29, 0.717) is 30.4 Å². The molecule has 2 aromatic carbocycles. The second kappa shape index (κ2) is 15.9. The van der Waals surface area contributed by atoms with Crippen LogP contribution < -0.4 is 10.6 Å².